The number of fused-ring (bicyclic) bond motifs is 2. The topological polar surface area (TPSA) is 89.5 Å². The summed E-state index contributed by atoms with van der Waals surface area (Å²) in [5.41, 5.74) is 6.53. The molecule has 0 fully saturated rings. The summed E-state index contributed by atoms with van der Waals surface area (Å²) in [6, 6.07) is 19.4. The van der Waals surface area contributed by atoms with Gasteiger partial charge in [-0.15, -0.1) is 0 Å². The lowest BCUT2D eigenvalue weighted by Crippen LogP contribution is -2.62. The largest absolute Gasteiger partial charge is 0.544 e. The zero-order chi connectivity index (χ0) is 35.3. The van der Waals surface area contributed by atoms with Crippen molar-refractivity contribution in [3.05, 3.63) is 98.5 Å². The maximum absolute atomic E-state index is 12.5. The van der Waals surface area contributed by atoms with Crippen molar-refractivity contribution in [2.24, 2.45) is 0 Å². The van der Waals surface area contributed by atoms with E-state index in [-0.39, 0.29) is 16.6 Å². The second-order valence-electron chi connectivity index (χ2n) is 13.8. The molecule has 0 radical (unpaired) electrons. The molecule has 262 valence electrons. The smallest absolute Gasteiger partial charge is 0.169 e. The van der Waals surface area contributed by atoms with Crippen LogP contribution in [0.1, 0.15) is 52.4 Å². The molecule has 0 spiro atoms. The number of hydrogen-bond acceptors (Lipinski definition) is 8. The van der Waals surface area contributed by atoms with Gasteiger partial charge >= 0.3 is 0 Å². The van der Waals surface area contributed by atoms with Crippen molar-refractivity contribution in [2.75, 3.05) is 48.5 Å². The van der Waals surface area contributed by atoms with Crippen LogP contribution >= 0.6 is 15.9 Å². The highest BCUT2D eigenvalue weighted by Crippen LogP contribution is 2.51. The molecule has 4 aromatic carbocycles. The lowest BCUT2D eigenvalue weighted by atomic mass is 9.85. The van der Waals surface area contributed by atoms with Gasteiger partial charge in [0, 0.05) is 36.6 Å². The molecule has 4 atom stereocenters. The Labute approximate surface area is 302 Å². The predicted molar refractivity (Wildman–Crippen MR) is 192 cm³/mol. The molecule has 0 saturated carbocycles. The van der Waals surface area contributed by atoms with Gasteiger partial charge in [-0.25, -0.2) is 0 Å². The Morgan fingerprint density at radius 1 is 0.880 bits per heavy atom. The molecule has 0 saturated heterocycles. The number of carboxylic acids is 1. The van der Waals surface area contributed by atoms with E-state index in [1.54, 1.807) is 28.3 Å². The van der Waals surface area contributed by atoms with Crippen LogP contribution in [-0.2, 0) is 30.5 Å². The fourth-order valence-electron chi connectivity index (χ4n) is 7.97. The van der Waals surface area contributed by atoms with Crippen LogP contribution in [0.4, 0.5) is 0 Å². The number of carbonyl (C=O) groups is 1. The van der Waals surface area contributed by atoms with Crippen molar-refractivity contribution in [3.8, 4) is 40.2 Å². The lowest BCUT2D eigenvalue weighted by molar-refractivity contribution is -0.956. The standard InChI is InChI=1S/C40H43BrN2O7/c1-23(40(44)45)43(3)16-14-26-20-33(47-5)35-22-29(26)31(43)18-24-7-10-28(11-8-24)49-34-19-25(9-12-32(34)46-4)17-30-37-27(13-15-42(30)2)21-36(48-6)38(41)39(37)50-35/h7-12,19-23,30-31H,13-18H2,1-6H3. The fraction of sp³-hybridized carbons (Fsp3) is 0.375. The van der Waals surface area contributed by atoms with Crippen molar-refractivity contribution >= 4 is 21.9 Å². The van der Waals surface area contributed by atoms with E-state index in [1.807, 2.05) is 25.2 Å². The molecule has 0 aliphatic carbocycles. The number of carbonyl (C=O) groups excluding carboxylic acids is 1. The van der Waals surface area contributed by atoms with Crippen LogP contribution < -0.4 is 28.8 Å². The summed E-state index contributed by atoms with van der Waals surface area (Å²) in [6.07, 6.45) is 2.80. The van der Waals surface area contributed by atoms with E-state index < -0.39 is 12.0 Å². The number of carboxylic acid groups (broad SMARTS) is 1. The van der Waals surface area contributed by atoms with E-state index in [4.69, 9.17) is 23.7 Å². The normalized spacial score (nSPS) is 21.8. The van der Waals surface area contributed by atoms with Crippen LogP contribution in [0.2, 0.25) is 0 Å². The number of ether oxygens (including phenoxy) is 5. The Balaban J connectivity index is 1.48. The summed E-state index contributed by atoms with van der Waals surface area (Å²) < 4.78 is 32.1. The van der Waals surface area contributed by atoms with Crippen LogP contribution in [0.25, 0.3) is 0 Å². The van der Waals surface area contributed by atoms with Gasteiger partial charge in [0.1, 0.15) is 28.1 Å². The molecule has 4 aromatic rings. The number of hydrogen-bond donors (Lipinski definition) is 0. The van der Waals surface area contributed by atoms with E-state index >= 15 is 0 Å². The van der Waals surface area contributed by atoms with E-state index in [0.29, 0.717) is 70.5 Å². The van der Waals surface area contributed by atoms with Crippen LogP contribution in [0, 0.1) is 0 Å². The van der Waals surface area contributed by atoms with E-state index in [9.17, 15) is 9.90 Å². The first-order chi connectivity index (χ1) is 24.0. The Morgan fingerprint density at radius 2 is 1.56 bits per heavy atom. The van der Waals surface area contributed by atoms with Gasteiger partial charge in [-0.3, -0.25) is 4.90 Å². The van der Waals surface area contributed by atoms with Crippen molar-refractivity contribution < 1.29 is 38.1 Å². The van der Waals surface area contributed by atoms with Gasteiger partial charge < -0.3 is 38.1 Å². The zero-order valence-electron chi connectivity index (χ0n) is 29.4. The van der Waals surface area contributed by atoms with Crippen LogP contribution in [0.5, 0.6) is 40.2 Å². The van der Waals surface area contributed by atoms with Crippen molar-refractivity contribution in [2.45, 2.75) is 50.7 Å². The average molecular weight is 744 g/mol. The Morgan fingerprint density at radius 3 is 2.26 bits per heavy atom. The SMILES string of the molecule is COc1ccc2cc1Oc1ccc(cc1)CC1c3cc(c(OC)cc3CC[N+]1(C)C(C)C(=O)[O-])Oc1c(Br)c(OC)cc3c1C(C2)N(C)CC3. The minimum Gasteiger partial charge on any atom is -0.544 e. The zero-order valence-corrected chi connectivity index (χ0v) is 31.0. The molecule has 6 bridgehead atoms. The minimum absolute atomic E-state index is 0.0318. The van der Waals surface area contributed by atoms with Crippen LogP contribution in [0.3, 0.4) is 0 Å². The minimum atomic E-state index is -1.07. The van der Waals surface area contributed by atoms with Gasteiger partial charge in [0.05, 0.1) is 40.9 Å². The van der Waals surface area contributed by atoms with Gasteiger partial charge in [0.25, 0.3) is 0 Å². The van der Waals surface area contributed by atoms with E-state index in [2.05, 4.69) is 70.3 Å². The van der Waals surface area contributed by atoms with Crippen molar-refractivity contribution in [1.29, 1.82) is 0 Å². The number of methoxy groups -OCH3 is 3. The number of rotatable bonds is 5. The number of nitrogens with zero attached hydrogens (tertiary/aromatic N) is 2. The second kappa shape index (κ2) is 13.5. The summed E-state index contributed by atoms with van der Waals surface area (Å²) in [5.74, 6) is 3.43. The first kappa shape index (κ1) is 34.2. The Hall–Kier alpha value is -4.25. The molecule has 9 nitrogen and oxygen atoms in total. The van der Waals surface area contributed by atoms with Gasteiger partial charge in [-0.2, -0.15) is 0 Å². The summed E-state index contributed by atoms with van der Waals surface area (Å²) in [5, 5.41) is 12.5. The maximum Gasteiger partial charge on any atom is 0.169 e. The predicted octanol–water partition coefficient (Wildman–Crippen LogP) is 6.57. The number of likely N-dealkylation sites (N-methyl/N-ethyl adjacent to an activating group) is 2. The summed E-state index contributed by atoms with van der Waals surface area (Å²) in [6.45, 7) is 3.25. The maximum atomic E-state index is 12.5. The third kappa shape index (κ3) is 5.97. The molecule has 50 heavy (non-hydrogen) atoms. The van der Waals surface area contributed by atoms with Gasteiger partial charge in [-0.05, 0) is 107 Å². The number of aliphatic carboxylic acids is 1. The summed E-state index contributed by atoms with van der Waals surface area (Å²) in [4.78, 5) is 14.8. The van der Waals surface area contributed by atoms with Crippen molar-refractivity contribution in [1.82, 2.24) is 4.90 Å². The van der Waals surface area contributed by atoms with Gasteiger partial charge in [0.15, 0.2) is 28.7 Å². The van der Waals surface area contributed by atoms with Gasteiger partial charge in [-0.1, -0.05) is 18.2 Å². The molecular weight excluding hydrogens is 700 g/mol. The van der Waals surface area contributed by atoms with Gasteiger partial charge in [0.2, 0.25) is 0 Å². The molecule has 4 aliphatic rings. The van der Waals surface area contributed by atoms with E-state index in [1.165, 1.54) is 0 Å². The highest BCUT2D eigenvalue weighted by Gasteiger charge is 2.44. The molecule has 10 heteroatoms. The Bertz CT molecular complexity index is 1950. The monoisotopic (exact) mass is 742 g/mol. The molecular formula is C40H43BrN2O7. The quantitative estimate of drug-likeness (QED) is 0.212. The molecule has 4 heterocycles. The molecule has 0 aromatic heterocycles. The molecule has 0 N–H and O–H groups in total. The third-order valence-corrected chi connectivity index (χ3v) is 11.9. The number of benzene rings is 4. The second-order valence-corrected chi connectivity index (χ2v) is 14.6. The lowest BCUT2D eigenvalue weighted by Gasteiger charge is -2.50. The first-order valence-electron chi connectivity index (χ1n) is 17.0. The highest BCUT2D eigenvalue weighted by atomic mass is 79.9. The molecule has 0 amide bonds. The first-order valence-corrected chi connectivity index (χ1v) is 17.8. The summed E-state index contributed by atoms with van der Waals surface area (Å²) in [7, 11) is 9.14. The fourth-order valence-corrected chi connectivity index (χ4v) is 8.54. The highest BCUT2D eigenvalue weighted by molar-refractivity contribution is 9.10. The molecule has 4 unspecified atom stereocenters. The molecule has 8 rings (SSSR count). The average Bonchev–Trinajstić information content (AvgIpc) is 3.11. The summed E-state index contributed by atoms with van der Waals surface area (Å²) >= 11 is 3.86. The van der Waals surface area contributed by atoms with E-state index in [0.717, 1.165) is 46.3 Å². The third-order valence-electron chi connectivity index (χ3n) is 11.2. The van der Waals surface area contributed by atoms with Crippen LogP contribution in [-0.4, -0.2) is 69.9 Å². The number of halogens is 1. The number of quaternary nitrogens is 1. The van der Waals surface area contributed by atoms with Crippen LogP contribution in [0.15, 0.2) is 65.1 Å². The Kier molecular flexibility index (Phi) is 9.21. The van der Waals surface area contributed by atoms with Crippen molar-refractivity contribution in [3.63, 3.8) is 0 Å². The molecule has 4 aliphatic heterocycles.